The van der Waals surface area contributed by atoms with Crippen molar-refractivity contribution in [3.8, 4) is 6.07 Å². The van der Waals surface area contributed by atoms with Crippen molar-refractivity contribution >= 4 is 17.2 Å². The Morgan fingerprint density at radius 3 is 2.75 bits per heavy atom. The second kappa shape index (κ2) is 4.77. The first-order chi connectivity index (χ1) is 9.14. The minimum Gasteiger partial charge on any atom is -0.315 e. The van der Waals surface area contributed by atoms with Crippen LogP contribution in [0.5, 0.6) is 0 Å². The van der Waals surface area contributed by atoms with Gasteiger partial charge in [0, 0.05) is 17.2 Å². The van der Waals surface area contributed by atoms with Crippen LogP contribution in [0.25, 0.3) is 0 Å². The number of hydrogen-bond donors (Lipinski definition) is 0. The van der Waals surface area contributed by atoms with Crippen LogP contribution in [-0.2, 0) is 5.41 Å². The number of aromatic nitrogens is 1. The van der Waals surface area contributed by atoms with E-state index >= 15 is 0 Å². The van der Waals surface area contributed by atoms with E-state index in [0.29, 0.717) is 0 Å². The Hall–Kier alpha value is -1.55. The predicted octanol–water partition coefficient (Wildman–Crippen LogP) is 2.81. The van der Waals surface area contributed by atoms with Crippen molar-refractivity contribution in [1.29, 1.82) is 5.26 Å². The first kappa shape index (κ1) is 14.9. The Morgan fingerprint density at radius 2 is 2.25 bits per heavy atom. The Kier molecular flexibility index (Phi) is 3.54. The molecule has 1 aliphatic rings. The van der Waals surface area contributed by atoms with Crippen LogP contribution in [-0.4, -0.2) is 34.3 Å². The molecular weight excluding hydrogens is 284 g/mol. The van der Waals surface area contributed by atoms with Gasteiger partial charge in [-0.3, -0.25) is 4.79 Å². The highest BCUT2D eigenvalue weighted by molar-refractivity contribution is 7.10. The topological polar surface area (TPSA) is 57.0 Å². The maximum atomic E-state index is 13.3. The summed E-state index contributed by atoms with van der Waals surface area (Å²) in [6, 6.07) is 0.672. The number of carbonyl (C=O) groups excluding carboxylic acids is 1. The molecule has 1 atom stereocenters. The number of amides is 1. The minimum absolute atomic E-state index is 0.137. The zero-order chi connectivity index (χ0) is 15.1. The van der Waals surface area contributed by atoms with Gasteiger partial charge in [0.2, 0.25) is 0 Å². The van der Waals surface area contributed by atoms with Gasteiger partial charge in [0.25, 0.3) is 11.8 Å². The molecule has 0 aliphatic carbocycles. The molecule has 108 valence electrons. The van der Waals surface area contributed by atoms with E-state index in [4.69, 9.17) is 5.26 Å². The van der Waals surface area contributed by atoms with Crippen molar-refractivity contribution in [2.45, 2.75) is 44.6 Å². The lowest BCUT2D eigenvalue weighted by Gasteiger charge is -2.18. The summed E-state index contributed by atoms with van der Waals surface area (Å²) in [4.78, 5) is 17.4. The van der Waals surface area contributed by atoms with Crippen LogP contribution in [0.1, 0.15) is 42.7 Å². The molecule has 2 heterocycles. The molecule has 2 rings (SSSR count). The Labute approximate surface area is 120 Å². The number of halogens is 2. The fourth-order valence-corrected chi connectivity index (χ4v) is 2.89. The van der Waals surface area contributed by atoms with E-state index in [9.17, 15) is 13.6 Å². The smallest absolute Gasteiger partial charge is 0.274 e. The number of nitrogens with zero attached hydrogens (tertiary/aromatic N) is 3. The van der Waals surface area contributed by atoms with Gasteiger partial charge in [0.1, 0.15) is 11.7 Å². The van der Waals surface area contributed by atoms with Gasteiger partial charge in [0.15, 0.2) is 0 Å². The van der Waals surface area contributed by atoms with Crippen molar-refractivity contribution < 1.29 is 13.6 Å². The highest BCUT2D eigenvalue weighted by Gasteiger charge is 2.47. The Balaban J connectivity index is 2.24. The third kappa shape index (κ3) is 2.80. The Bertz CT molecular complexity index is 571. The average molecular weight is 299 g/mol. The number of likely N-dealkylation sites (tertiary alicyclic amines) is 1. The van der Waals surface area contributed by atoms with Gasteiger partial charge in [-0.05, 0) is 0 Å². The molecular formula is C13H15F2N3OS. The summed E-state index contributed by atoms with van der Waals surface area (Å²) in [6.45, 7) is 5.17. The van der Waals surface area contributed by atoms with Gasteiger partial charge in [-0.25, -0.2) is 13.8 Å². The SMILES string of the molecule is CC(C)(C)c1nc(C(=O)N2CC(F)(F)CC2C#N)cs1. The number of carbonyl (C=O) groups is 1. The van der Waals surface area contributed by atoms with E-state index in [1.165, 1.54) is 11.3 Å². The lowest BCUT2D eigenvalue weighted by molar-refractivity contribution is 0.0118. The number of rotatable bonds is 1. The molecule has 0 aromatic carbocycles. The van der Waals surface area contributed by atoms with E-state index in [-0.39, 0.29) is 11.1 Å². The first-order valence-electron chi connectivity index (χ1n) is 6.18. The van der Waals surface area contributed by atoms with E-state index in [1.54, 1.807) is 11.4 Å². The molecule has 1 amide bonds. The minimum atomic E-state index is -3.00. The van der Waals surface area contributed by atoms with Crippen molar-refractivity contribution in [2.75, 3.05) is 6.54 Å². The second-order valence-corrected chi connectivity index (χ2v) is 6.78. The molecule has 0 N–H and O–H groups in total. The molecule has 0 bridgehead atoms. The molecule has 7 heteroatoms. The maximum absolute atomic E-state index is 13.3. The fraction of sp³-hybridized carbons (Fsp3) is 0.615. The molecule has 20 heavy (non-hydrogen) atoms. The van der Waals surface area contributed by atoms with Crippen LogP contribution < -0.4 is 0 Å². The summed E-state index contributed by atoms with van der Waals surface area (Å²) in [7, 11) is 0. The molecule has 1 aromatic rings. The standard InChI is InChI=1S/C13H15F2N3OS/c1-12(2,3)11-17-9(6-20-11)10(19)18-7-13(14,15)4-8(18)5-16/h6,8H,4,7H2,1-3H3. The Morgan fingerprint density at radius 1 is 1.60 bits per heavy atom. The predicted molar refractivity (Wildman–Crippen MR) is 70.8 cm³/mol. The molecule has 1 saturated heterocycles. The normalized spacial score (nSPS) is 21.8. The number of alkyl halides is 2. The van der Waals surface area contributed by atoms with Gasteiger partial charge in [-0.1, -0.05) is 20.8 Å². The highest BCUT2D eigenvalue weighted by atomic mass is 32.1. The molecule has 1 aliphatic heterocycles. The van der Waals surface area contributed by atoms with Gasteiger partial charge < -0.3 is 4.90 Å². The average Bonchev–Trinajstić information content (AvgIpc) is 2.91. The summed E-state index contributed by atoms with van der Waals surface area (Å²) in [5, 5.41) is 11.2. The molecule has 1 aromatic heterocycles. The third-order valence-corrected chi connectivity index (χ3v) is 4.31. The van der Waals surface area contributed by atoms with Crippen LogP contribution in [0, 0.1) is 11.3 Å². The van der Waals surface area contributed by atoms with Gasteiger partial charge in [-0.15, -0.1) is 11.3 Å². The zero-order valence-corrected chi connectivity index (χ0v) is 12.3. The van der Waals surface area contributed by atoms with Gasteiger partial charge in [0.05, 0.1) is 17.6 Å². The van der Waals surface area contributed by atoms with E-state index < -0.39 is 30.8 Å². The molecule has 0 saturated carbocycles. The highest BCUT2D eigenvalue weighted by Crippen LogP contribution is 2.33. The van der Waals surface area contributed by atoms with Crippen LogP contribution >= 0.6 is 11.3 Å². The lowest BCUT2D eigenvalue weighted by Crippen LogP contribution is -2.36. The van der Waals surface area contributed by atoms with E-state index in [0.717, 1.165) is 9.91 Å². The number of hydrogen-bond acceptors (Lipinski definition) is 4. The van der Waals surface area contributed by atoms with Crippen molar-refractivity contribution in [3.63, 3.8) is 0 Å². The van der Waals surface area contributed by atoms with Crippen molar-refractivity contribution in [3.05, 3.63) is 16.1 Å². The van der Waals surface area contributed by atoms with Crippen molar-refractivity contribution in [2.24, 2.45) is 0 Å². The molecule has 0 radical (unpaired) electrons. The summed E-state index contributed by atoms with van der Waals surface area (Å²) in [6.07, 6.45) is -0.606. The van der Waals surface area contributed by atoms with Gasteiger partial charge in [-0.2, -0.15) is 5.26 Å². The zero-order valence-electron chi connectivity index (χ0n) is 11.5. The van der Waals surface area contributed by atoms with Crippen molar-refractivity contribution in [1.82, 2.24) is 9.88 Å². The number of thiazole rings is 1. The molecule has 1 fully saturated rings. The molecule has 4 nitrogen and oxygen atoms in total. The summed E-state index contributed by atoms with van der Waals surface area (Å²) in [5.74, 6) is -3.60. The molecule has 0 spiro atoms. The summed E-state index contributed by atoms with van der Waals surface area (Å²) >= 11 is 1.32. The largest absolute Gasteiger partial charge is 0.315 e. The summed E-state index contributed by atoms with van der Waals surface area (Å²) < 4.78 is 26.7. The third-order valence-electron chi connectivity index (χ3n) is 3.04. The lowest BCUT2D eigenvalue weighted by atomic mass is 9.98. The van der Waals surface area contributed by atoms with Crippen LogP contribution in [0.4, 0.5) is 8.78 Å². The van der Waals surface area contributed by atoms with Crippen LogP contribution in [0.2, 0.25) is 0 Å². The van der Waals surface area contributed by atoms with E-state index in [1.807, 2.05) is 20.8 Å². The maximum Gasteiger partial charge on any atom is 0.274 e. The first-order valence-corrected chi connectivity index (χ1v) is 7.06. The monoisotopic (exact) mass is 299 g/mol. The fourth-order valence-electron chi connectivity index (χ4n) is 2.01. The van der Waals surface area contributed by atoms with Gasteiger partial charge >= 0.3 is 0 Å². The van der Waals surface area contributed by atoms with Crippen LogP contribution in [0.15, 0.2) is 5.38 Å². The summed E-state index contributed by atoms with van der Waals surface area (Å²) in [5.41, 5.74) is -0.0647. The molecule has 1 unspecified atom stereocenters. The number of nitriles is 1. The van der Waals surface area contributed by atoms with E-state index in [2.05, 4.69) is 4.98 Å². The van der Waals surface area contributed by atoms with Crippen LogP contribution in [0.3, 0.4) is 0 Å². The second-order valence-electron chi connectivity index (χ2n) is 5.93. The quantitative estimate of drug-likeness (QED) is 0.801.